The van der Waals surface area contributed by atoms with Crippen molar-refractivity contribution in [3.05, 3.63) is 46.4 Å². The molecule has 2 aromatic rings. The van der Waals surface area contributed by atoms with E-state index in [0.29, 0.717) is 21.5 Å². The number of amides is 1. The topological polar surface area (TPSA) is 134 Å². The van der Waals surface area contributed by atoms with Crippen molar-refractivity contribution >= 4 is 43.5 Å². The number of methoxy groups -OCH3 is 2. The van der Waals surface area contributed by atoms with Crippen molar-refractivity contribution in [1.29, 1.82) is 0 Å². The van der Waals surface area contributed by atoms with E-state index in [9.17, 15) is 18.0 Å². The number of benzene rings is 2. The minimum Gasteiger partial charge on any atom is -0.493 e. The summed E-state index contributed by atoms with van der Waals surface area (Å²) in [6.45, 7) is -0.538. The van der Waals surface area contributed by atoms with Crippen molar-refractivity contribution in [3.63, 3.8) is 0 Å². The standard InChI is InChI=1S/C18H19BrN2O7S/c1-26-15-6-11(14(19)9-16(15)27-2)7-18(23)28-10-17(22)21-12-4-3-5-13(8-12)29(20,24)25/h3-6,8-9H,7,10H2,1-2H3,(H,21,22)(H2,20,24,25). The van der Waals surface area contributed by atoms with E-state index in [4.69, 9.17) is 19.3 Å². The van der Waals surface area contributed by atoms with Gasteiger partial charge in [0.2, 0.25) is 10.0 Å². The van der Waals surface area contributed by atoms with E-state index in [2.05, 4.69) is 21.2 Å². The molecule has 2 rings (SSSR count). The van der Waals surface area contributed by atoms with Crippen LogP contribution in [0.1, 0.15) is 5.56 Å². The third kappa shape index (κ3) is 6.44. The molecular weight excluding hydrogens is 468 g/mol. The Hall–Kier alpha value is -2.63. The second-order valence-corrected chi connectivity index (χ2v) is 8.17. The zero-order valence-corrected chi connectivity index (χ0v) is 18.0. The van der Waals surface area contributed by atoms with Gasteiger partial charge in [0, 0.05) is 10.2 Å². The molecule has 0 aliphatic heterocycles. The molecule has 0 atom stereocenters. The van der Waals surface area contributed by atoms with Gasteiger partial charge in [-0.2, -0.15) is 0 Å². The molecule has 0 radical (unpaired) electrons. The van der Waals surface area contributed by atoms with Gasteiger partial charge in [0.25, 0.3) is 5.91 Å². The second kappa shape index (κ2) is 9.72. The highest BCUT2D eigenvalue weighted by Gasteiger charge is 2.15. The first-order valence-electron chi connectivity index (χ1n) is 8.12. The molecule has 0 heterocycles. The molecule has 2 aromatic carbocycles. The lowest BCUT2D eigenvalue weighted by Crippen LogP contribution is -2.22. The molecule has 156 valence electrons. The molecule has 1 amide bonds. The van der Waals surface area contributed by atoms with Crippen LogP contribution in [0.25, 0.3) is 0 Å². The number of sulfonamides is 1. The van der Waals surface area contributed by atoms with Gasteiger partial charge in [0.1, 0.15) is 0 Å². The summed E-state index contributed by atoms with van der Waals surface area (Å²) in [5, 5.41) is 7.49. The molecule has 0 aliphatic carbocycles. The number of nitrogens with one attached hydrogen (secondary N) is 1. The monoisotopic (exact) mass is 486 g/mol. The number of hydrogen-bond donors (Lipinski definition) is 2. The predicted molar refractivity (Wildman–Crippen MR) is 108 cm³/mol. The van der Waals surface area contributed by atoms with Crippen LogP contribution < -0.4 is 19.9 Å². The lowest BCUT2D eigenvalue weighted by molar-refractivity contribution is -0.146. The third-order valence-corrected chi connectivity index (χ3v) is 5.35. The van der Waals surface area contributed by atoms with E-state index in [-0.39, 0.29) is 17.0 Å². The van der Waals surface area contributed by atoms with E-state index in [0.717, 1.165) is 0 Å². The predicted octanol–water partition coefficient (Wildman–Crippen LogP) is 1.84. The van der Waals surface area contributed by atoms with Gasteiger partial charge in [-0.1, -0.05) is 22.0 Å². The minimum absolute atomic E-state index is 0.102. The van der Waals surface area contributed by atoms with Crippen molar-refractivity contribution in [2.24, 2.45) is 5.14 Å². The van der Waals surface area contributed by atoms with Crippen LogP contribution in [0, 0.1) is 0 Å². The number of anilines is 1. The highest BCUT2D eigenvalue weighted by atomic mass is 79.9. The Morgan fingerprint density at radius 2 is 1.76 bits per heavy atom. The number of carbonyl (C=O) groups excluding carboxylic acids is 2. The summed E-state index contributed by atoms with van der Waals surface area (Å²) < 4.78 is 38.7. The maximum Gasteiger partial charge on any atom is 0.310 e. The number of primary sulfonamides is 1. The maximum atomic E-state index is 12.1. The summed E-state index contributed by atoms with van der Waals surface area (Å²) in [5.74, 6) is -0.314. The maximum absolute atomic E-state index is 12.1. The van der Waals surface area contributed by atoms with Gasteiger partial charge in [-0.25, -0.2) is 13.6 Å². The highest BCUT2D eigenvalue weighted by Crippen LogP contribution is 2.33. The molecule has 0 aromatic heterocycles. The first-order valence-corrected chi connectivity index (χ1v) is 10.5. The number of nitrogens with two attached hydrogens (primary N) is 1. The number of esters is 1. The summed E-state index contributed by atoms with van der Waals surface area (Å²) in [7, 11) is -0.926. The summed E-state index contributed by atoms with van der Waals surface area (Å²) in [6, 6.07) is 8.70. The zero-order chi connectivity index (χ0) is 21.6. The zero-order valence-electron chi connectivity index (χ0n) is 15.6. The first-order chi connectivity index (χ1) is 13.6. The van der Waals surface area contributed by atoms with Crippen molar-refractivity contribution < 1.29 is 32.2 Å². The van der Waals surface area contributed by atoms with Crippen LogP contribution in [0.5, 0.6) is 11.5 Å². The van der Waals surface area contributed by atoms with Gasteiger partial charge >= 0.3 is 5.97 Å². The van der Waals surface area contributed by atoms with E-state index < -0.39 is 28.5 Å². The molecule has 0 aliphatic rings. The lowest BCUT2D eigenvalue weighted by atomic mass is 10.1. The third-order valence-electron chi connectivity index (χ3n) is 3.70. The van der Waals surface area contributed by atoms with E-state index in [1.807, 2.05) is 0 Å². The molecule has 0 unspecified atom stereocenters. The smallest absolute Gasteiger partial charge is 0.310 e. The van der Waals surface area contributed by atoms with Crippen molar-refractivity contribution in [2.75, 3.05) is 26.1 Å². The average molecular weight is 487 g/mol. The Morgan fingerprint density at radius 1 is 1.10 bits per heavy atom. The largest absolute Gasteiger partial charge is 0.493 e. The molecule has 9 nitrogen and oxygen atoms in total. The fourth-order valence-corrected chi connectivity index (χ4v) is 3.35. The number of hydrogen-bond acceptors (Lipinski definition) is 7. The molecule has 0 bridgehead atoms. The summed E-state index contributed by atoms with van der Waals surface area (Å²) in [6.07, 6.45) is -0.102. The van der Waals surface area contributed by atoms with Gasteiger partial charge in [-0.05, 0) is 35.9 Å². The van der Waals surface area contributed by atoms with Crippen LogP contribution in [0.15, 0.2) is 45.8 Å². The molecule has 0 spiro atoms. The number of halogens is 1. The Balaban J connectivity index is 1.95. The van der Waals surface area contributed by atoms with Crippen LogP contribution in [0.2, 0.25) is 0 Å². The Bertz CT molecular complexity index is 1020. The van der Waals surface area contributed by atoms with Crippen LogP contribution in [0.3, 0.4) is 0 Å². The van der Waals surface area contributed by atoms with Gasteiger partial charge in [-0.15, -0.1) is 0 Å². The normalized spacial score (nSPS) is 10.9. The van der Waals surface area contributed by atoms with E-state index >= 15 is 0 Å². The Morgan fingerprint density at radius 3 is 2.38 bits per heavy atom. The van der Waals surface area contributed by atoms with Crippen molar-refractivity contribution in [2.45, 2.75) is 11.3 Å². The molecule has 3 N–H and O–H groups in total. The molecule has 11 heteroatoms. The van der Waals surface area contributed by atoms with E-state index in [1.165, 1.54) is 38.5 Å². The van der Waals surface area contributed by atoms with Gasteiger partial charge < -0.3 is 19.5 Å². The average Bonchev–Trinajstić information content (AvgIpc) is 2.67. The SMILES string of the molecule is COc1cc(Br)c(CC(=O)OCC(=O)Nc2cccc(S(N)(=O)=O)c2)cc1OC. The minimum atomic E-state index is -3.90. The summed E-state index contributed by atoms with van der Waals surface area (Å²) >= 11 is 3.34. The van der Waals surface area contributed by atoms with E-state index in [1.54, 1.807) is 12.1 Å². The lowest BCUT2D eigenvalue weighted by Gasteiger charge is -2.12. The Kier molecular flexibility index (Phi) is 7.59. The van der Waals surface area contributed by atoms with Crippen LogP contribution in [-0.2, 0) is 30.8 Å². The fraction of sp³-hybridized carbons (Fsp3) is 0.222. The number of ether oxygens (including phenoxy) is 3. The van der Waals surface area contributed by atoms with Gasteiger partial charge in [0.05, 0.1) is 25.5 Å². The first kappa shape index (κ1) is 22.7. The Labute approximate surface area is 176 Å². The van der Waals surface area contributed by atoms with Crippen molar-refractivity contribution in [1.82, 2.24) is 0 Å². The molecule has 29 heavy (non-hydrogen) atoms. The number of carbonyl (C=O) groups is 2. The van der Waals surface area contributed by atoms with Crippen LogP contribution in [0.4, 0.5) is 5.69 Å². The quantitative estimate of drug-likeness (QED) is 0.543. The summed E-state index contributed by atoms with van der Waals surface area (Å²) in [5.41, 5.74) is 0.800. The molecule has 0 saturated heterocycles. The fourth-order valence-electron chi connectivity index (χ4n) is 2.33. The van der Waals surface area contributed by atoms with Crippen molar-refractivity contribution in [3.8, 4) is 11.5 Å². The van der Waals surface area contributed by atoms with Crippen LogP contribution >= 0.6 is 15.9 Å². The highest BCUT2D eigenvalue weighted by molar-refractivity contribution is 9.10. The van der Waals surface area contributed by atoms with Gasteiger partial charge in [-0.3, -0.25) is 9.59 Å². The number of rotatable bonds is 8. The van der Waals surface area contributed by atoms with Crippen LogP contribution in [-0.4, -0.2) is 41.1 Å². The molecule has 0 saturated carbocycles. The molecular formula is C18H19BrN2O7S. The second-order valence-electron chi connectivity index (χ2n) is 5.76. The molecule has 0 fully saturated rings. The summed E-state index contributed by atoms with van der Waals surface area (Å²) in [4.78, 5) is 23.9. The van der Waals surface area contributed by atoms with Gasteiger partial charge in [0.15, 0.2) is 18.1 Å².